The van der Waals surface area contributed by atoms with E-state index in [1.807, 2.05) is 13.8 Å². The Labute approximate surface area is 145 Å². The number of carbonyl (C=O) groups is 1. The van der Waals surface area contributed by atoms with Gasteiger partial charge in [0.1, 0.15) is 11.9 Å². The van der Waals surface area contributed by atoms with Crippen molar-refractivity contribution in [3.63, 3.8) is 0 Å². The van der Waals surface area contributed by atoms with Crippen LogP contribution in [0.3, 0.4) is 0 Å². The maximum atomic E-state index is 12.0. The maximum absolute atomic E-state index is 12.0. The summed E-state index contributed by atoms with van der Waals surface area (Å²) in [6.07, 6.45) is 4.84. The molecule has 24 heavy (non-hydrogen) atoms. The predicted molar refractivity (Wildman–Crippen MR) is 93.4 cm³/mol. The molecule has 0 atom stereocenters. The van der Waals surface area contributed by atoms with E-state index in [-0.39, 0.29) is 6.10 Å². The number of hydrogen-bond donors (Lipinski definition) is 0. The minimum Gasteiger partial charge on any atom is -0.491 e. The lowest BCUT2D eigenvalue weighted by molar-refractivity contribution is -0.241. The van der Waals surface area contributed by atoms with Gasteiger partial charge in [-0.05, 0) is 75.1 Å². The molecule has 0 amide bonds. The van der Waals surface area contributed by atoms with E-state index in [1.54, 1.807) is 24.3 Å². The van der Waals surface area contributed by atoms with E-state index in [9.17, 15) is 4.79 Å². The van der Waals surface area contributed by atoms with Gasteiger partial charge in [0.15, 0.2) is 0 Å². The maximum Gasteiger partial charge on any atom is 0.373 e. The van der Waals surface area contributed by atoms with Gasteiger partial charge in [0.25, 0.3) is 0 Å². The third-order valence-electron chi connectivity index (χ3n) is 4.47. The van der Waals surface area contributed by atoms with E-state index in [0.717, 1.165) is 37.5 Å². The largest absolute Gasteiger partial charge is 0.491 e. The van der Waals surface area contributed by atoms with Crippen LogP contribution >= 0.6 is 0 Å². The second-order valence-electron chi connectivity index (χ2n) is 7.82. The molecule has 0 N–H and O–H groups in total. The summed E-state index contributed by atoms with van der Waals surface area (Å²) in [5.41, 5.74) is 0.775. The molecule has 1 radical (unpaired) electrons. The van der Waals surface area contributed by atoms with Crippen LogP contribution in [0.1, 0.15) is 70.7 Å². The summed E-state index contributed by atoms with van der Waals surface area (Å²) in [7, 11) is 0. The van der Waals surface area contributed by atoms with E-state index >= 15 is 0 Å². The highest BCUT2D eigenvalue weighted by atomic mass is 17.2. The van der Waals surface area contributed by atoms with Crippen molar-refractivity contribution >= 4 is 5.97 Å². The molecule has 0 unspecified atom stereocenters. The summed E-state index contributed by atoms with van der Waals surface area (Å²) in [4.78, 5) is 22.3. The summed E-state index contributed by atoms with van der Waals surface area (Å²) in [5.74, 6) is 0.947. The van der Waals surface area contributed by atoms with E-state index in [1.165, 1.54) is 0 Å². The van der Waals surface area contributed by atoms with Crippen molar-refractivity contribution in [3.05, 3.63) is 35.9 Å². The van der Waals surface area contributed by atoms with E-state index < -0.39 is 5.97 Å². The van der Waals surface area contributed by atoms with Gasteiger partial charge in [0.05, 0.1) is 11.7 Å². The van der Waals surface area contributed by atoms with E-state index in [4.69, 9.17) is 14.5 Å². The first-order chi connectivity index (χ1) is 11.3. The highest BCUT2D eigenvalue weighted by molar-refractivity contribution is 5.89. The van der Waals surface area contributed by atoms with Gasteiger partial charge < -0.3 is 4.74 Å². The minimum absolute atomic E-state index is 0.103. The SMILES string of the molecule is CC(C)Oc1ccc(C(=O)OO[C]2CCC(C(C)(C)C)CC2)cc1. The Hall–Kier alpha value is -1.55. The first-order valence-corrected chi connectivity index (χ1v) is 8.76. The van der Waals surface area contributed by atoms with Crippen LogP contribution in [0.15, 0.2) is 24.3 Å². The third kappa shape index (κ3) is 5.52. The van der Waals surface area contributed by atoms with Crippen LogP contribution in [0.2, 0.25) is 0 Å². The third-order valence-corrected chi connectivity index (χ3v) is 4.47. The second-order valence-corrected chi connectivity index (χ2v) is 7.82. The van der Waals surface area contributed by atoms with Crippen molar-refractivity contribution in [2.24, 2.45) is 11.3 Å². The standard InChI is InChI=1S/C20H29O4/c1-14(2)22-17-10-6-15(7-11-17)19(21)24-23-18-12-8-16(9-13-18)20(3,4)5/h6-7,10-11,14,16H,8-9,12-13H2,1-5H3. The molecule has 0 bridgehead atoms. The van der Waals surface area contributed by atoms with Gasteiger partial charge in [-0.15, -0.1) is 0 Å². The summed E-state index contributed by atoms with van der Waals surface area (Å²) in [6.45, 7) is 10.7. The monoisotopic (exact) mass is 333 g/mol. The molecule has 1 aromatic carbocycles. The Balaban J connectivity index is 1.77. The molecule has 1 saturated carbocycles. The Bertz CT molecular complexity index is 520. The second kappa shape index (κ2) is 8.02. The molecule has 4 nitrogen and oxygen atoms in total. The van der Waals surface area contributed by atoms with Crippen LogP contribution < -0.4 is 4.74 Å². The Morgan fingerprint density at radius 1 is 1.08 bits per heavy atom. The molecule has 1 fully saturated rings. The minimum atomic E-state index is -0.475. The first-order valence-electron chi connectivity index (χ1n) is 8.76. The van der Waals surface area contributed by atoms with Crippen molar-refractivity contribution in [2.45, 2.75) is 66.4 Å². The number of carbonyl (C=O) groups excluding carboxylic acids is 1. The van der Waals surface area contributed by atoms with Crippen molar-refractivity contribution in [1.29, 1.82) is 0 Å². The van der Waals surface area contributed by atoms with Gasteiger partial charge in [-0.3, -0.25) is 4.89 Å². The molecule has 1 aromatic rings. The fourth-order valence-corrected chi connectivity index (χ4v) is 2.98. The molecule has 0 aromatic heterocycles. The van der Waals surface area contributed by atoms with Gasteiger partial charge in [0, 0.05) is 0 Å². The molecule has 4 heteroatoms. The van der Waals surface area contributed by atoms with Crippen molar-refractivity contribution in [2.75, 3.05) is 0 Å². The van der Waals surface area contributed by atoms with Crippen LogP contribution in [0.5, 0.6) is 5.75 Å². The molecule has 2 rings (SSSR count). The van der Waals surface area contributed by atoms with Crippen LogP contribution in [0, 0.1) is 17.4 Å². The zero-order valence-corrected chi connectivity index (χ0v) is 15.4. The number of rotatable bonds is 5. The predicted octanol–water partition coefficient (Wildman–Crippen LogP) is 5.33. The lowest BCUT2D eigenvalue weighted by atomic mass is 9.72. The lowest BCUT2D eigenvalue weighted by Gasteiger charge is -2.35. The number of benzene rings is 1. The molecule has 0 spiro atoms. The summed E-state index contributed by atoms with van der Waals surface area (Å²) in [6, 6.07) is 6.89. The van der Waals surface area contributed by atoms with Crippen LogP contribution in [0.25, 0.3) is 0 Å². The van der Waals surface area contributed by atoms with Gasteiger partial charge >= 0.3 is 5.97 Å². The lowest BCUT2D eigenvalue weighted by Crippen LogP contribution is -2.26. The fourth-order valence-electron chi connectivity index (χ4n) is 2.98. The normalized spacial score (nSPS) is 17.1. The van der Waals surface area contributed by atoms with E-state index in [2.05, 4.69) is 20.8 Å². The average molecular weight is 333 g/mol. The summed E-state index contributed by atoms with van der Waals surface area (Å²) < 4.78 is 5.55. The Morgan fingerprint density at radius 2 is 1.67 bits per heavy atom. The highest BCUT2D eigenvalue weighted by Gasteiger charge is 2.31. The quantitative estimate of drug-likeness (QED) is 0.539. The van der Waals surface area contributed by atoms with Gasteiger partial charge in [0.2, 0.25) is 0 Å². The topological polar surface area (TPSA) is 44.8 Å². The molecule has 0 saturated heterocycles. The smallest absolute Gasteiger partial charge is 0.373 e. The van der Waals surface area contributed by atoms with Crippen LogP contribution in [-0.4, -0.2) is 12.1 Å². The highest BCUT2D eigenvalue weighted by Crippen LogP contribution is 2.40. The van der Waals surface area contributed by atoms with Crippen molar-refractivity contribution in [3.8, 4) is 5.75 Å². The van der Waals surface area contributed by atoms with Crippen LogP contribution in [-0.2, 0) is 9.78 Å². The molecule has 0 aliphatic heterocycles. The summed E-state index contributed by atoms with van der Waals surface area (Å²) in [5, 5.41) is 0. The van der Waals surface area contributed by atoms with Gasteiger partial charge in [-0.1, -0.05) is 20.8 Å². The average Bonchev–Trinajstić information content (AvgIpc) is 2.52. The number of ether oxygens (including phenoxy) is 1. The number of hydrogen-bond acceptors (Lipinski definition) is 4. The van der Waals surface area contributed by atoms with E-state index in [0.29, 0.717) is 16.9 Å². The first kappa shape index (κ1) is 18.8. The van der Waals surface area contributed by atoms with Crippen LogP contribution in [0.4, 0.5) is 0 Å². The van der Waals surface area contributed by atoms with Gasteiger partial charge in [-0.2, -0.15) is 4.89 Å². The van der Waals surface area contributed by atoms with Crippen molar-refractivity contribution in [1.82, 2.24) is 0 Å². The summed E-state index contributed by atoms with van der Waals surface area (Å²) >= 11 is 0. The molecule has 1 aliphatic rings. The van der Waals surface area contributed by atoms with Crippen molar-refractivity contribution < 1.29 is 19.3 Å². The zero-order chi connectivity index (χ0) is 17.7. The Morgan fingerprint density at radius 3 is 2.17 bits per heavy atom. The molecule has 133 valence electrons. The fraction of sp³-hybridized carbons (Fsp3) is 0.600. The molecular weight excluding hydrogens is 304 g/mol. The zero-order valence-electron chi connectivity index (χ0n) is 15.4. The van der Waals surface area contributed by atoms with Gasteiger partial charge in [-0.25, -0.2) is 4.79 Å². The Kier molecular flexibility index (Phi) is 6.27. The molecule has 0 heterocycles. The molecule has 1 aliphatic carbocycles. The molecular formula is C20H29O4.